The van der Waals surface area contributed by atoms with Crippen molar-refractivity contribution >= 4 is 11.9 Å². The lowest BCUT2D eigenvalue weighted by atomic mass is 9.72. The van der Waals surface area contributed by atoms with E-state index in [4.69, 9.17) is 14.7 Å². The number of ether oxygens (including phenoxy) is 1. The first kappa shape index (κ1) is 24.0. The Labute approximate surface area is 174 Å². The fourth-order valence-corrected chi connectivity index (χ4v) is 3.78. The van der Waals surface area contributed by atoms with Crippen molar-refractivity contribution in [2.24, 2.45) is 11.8 Å². The summed E-state index contributed by atoms with van der Waals surface area (Å²) in [5, 5.41) is 31.6. The van der Waals surface area contributed by atoms with Crippen LogP contribution >= 0.6 is 0 Å². The minimum atomic E-state index is -1.09. The van der Waals surface area contributed by atoms with Crippen molar-refractivity contribution in [3.63, 3.8) is 0 Å². The Morgan fingerprint density at radius 2 is 1.87 bits per heavy atom. The van der Waals surface area contributed by atoms with Gasteiger partial charge in [-0.2, -0.15) is 0 Å². The zero-order valence-electron chi connectivity index (χ0n) is 16.7. The highest BCUT2D eigenvalue weighted by Gasteiger charge is 2.35. The molecule has 0 aromatic rings. The first-order valence-corrected chi connectivity index (χ1v) is 9.95. The second kappa shape index (κ2) is 13.9. The number of carboxylic acid groups (broad SMARTS) is 2. The molecule has 1 heterocycles. The monoisotopic (exact) mass is 428 g/mol. The van der Waals surface area contributed by atoms with Crippen molar-refractivity contribution in [3.8, 4) is 0 Å². The molecule has 1 aliphatic heterocycles. The van der Waals surface area contributed by atoms with Crippen molar-refractivity contribution in [2.45, 2.75) is 44.9 Å². The number of hydrogen-bond donors (Lipinski definition) is 2. The number of aliphatic carboxylic acids is 2. The van der Waals surface area contributed by atoms with Crippen molar-refractivity contribution < 1.29 is 49.4 Å². The van der Waals surface area contributed by atoms with Gasteiger partial charge in [-0.15, -0.1) is 0 Å². The molecule has 0 spiro atoms. The van der Waals surface area contributed by atoms with E-state index in [1.165, 1.54) is 12.3 Å². The molecule has 2 atom stereocenters. The van der Waals surface area contributed by atoms with Crippen LogP contribution in [-0.4, -0.2) is 42.0 Å². The van der Waals surface area contributed by atoms with E-state index < -0.39 is 24.5 Å². The molecule has 1 saturated carbocycles. The van der Waals surface area contributed by atoms with Crippen molar-refractivity contribution in [1.82, 2.24) is 0 Å². The molecule has 2 aliphatic rings. The normalized spacial score (nSPS) is 24.5. The van der Waals surface area contributed by atoms with Crippen LogP contribution in [0.25, 0.3) is 0 Å². The molecule has 2 unspecified atom stereocenters. The van der Waals surface area contributed by atoms with Crippen LogP contribution in [0.4, 0.5) is 0 Å². The van der Waals surface area contributed by atoms with E-state index in [-0.39, 0.29) is 12.5 Å². The van der Waals surface area contributed by atoms with Crippen LogP contribution in [0.5, 0.6) is 0 Å². The van der Waals surface area contributed by atoms with Gasteiger partial charge in [0.25, 0.3) is 0 Å². The summed E-state index contributed by atoms with van der Waals surface area (Å²) >= 11 is 0. The minimum Gasteiger partial charge on any atom is -0.481 e. The fraction of sp³-hybridized carbons (Fsp3) is 0.600. The molecule has 1 fully saturated rings. The molecule has 10 nitrogen and oxygen atoms in total. The van der Waals surface area contributed by atoms with Crippen molar-refractivity contribution in [3.05, 3.63) is 35.6 Å². The molecule has 0 aromatic carbocycles. The zero-order valence-corrected chi connectivity index (χ0v) is 16.7. The molecule has 0 saturated heterocycles. The SMILES string of the molecule is O=C(O)COCC1=C2CCCC(CCCCCOOOOOC=CC=C1)C2C(=O)O. The third-order valence-corrected chi connectivity index (χ3v) is 5.02. The first-order valence-electron chi connectivity index (χ1n) is 9.95. The summed E-state index contributed by atoms with van der Waals surface area (Å²) in [7, 11) is 0. The summed E-state index contributed by atoms with van der Waals surface area (Å²) in [4.78, 5) is 32.3. The number of hydrogen-bond acceptors (Lipinski definition) is 8. The number of rotatable bonds is 5. The van der Waals surface area contributed by atoms with E-state index in [0.717, 1.165) is 37.7 Å². The van der Waals surface area contributed by atoms with Crippen LogP contribution in [0.1, 0.15) is 44.9 Å². The van der Waals surface area contributed by atoms with Gasteiger partial charge in [0.05, 0.1) is 19.1 Å². The smallest absolute Gasteiger partial charge is 0.329 e. The Bertz CT molecular complexity index is 639. The van der Waals surface area contributed by atoms with Crippen LogP contribution in [0.15, 0.2) is 35.6 Å². The molecule has 0 amide bonds. The fourth-order valence-electron chi connectivity index (χ4n) is 3.78. The third kappa shape index (κ3) is 8.64. The maximum absolute atomic E-state index is 12.1. The van der Waals surface area contributed by atoms with Gasteiger partial charge in [0.2, 0.25) is 0 Å². The summed E-state index contributed by atoms with van der Waals surface area (Å²) < 4.78 is 5.26. The van der Waals surface area contributed by atoms with Gasteiger partial charge in [-0.25, -0.2) is 9.68 Å². The van der Waals surface area contributed by atoms with E-state index >= 15 is 0 Å². The van der Waals surface area contributed by atoms with Gasteiger partial charge in [-0.1, -0.05) is 30.6 Å². The van der Waals surface area contributed by atoms with Crippen LogP contribution in [0, 0.1) is 11.8 Å². The van der Waals surface area contributed by atoms with Gasteiger partial charge in [0.15, 0.2) is 0 Å². The highest BCUT2D eigenvalue weighted by atomic mass is 17.8. The lowest BCUT2D eigenvalue weighted by Gasteiger charge is -2.32. The Balaban J connectivity index is 2.24. The average Bonchev–Trinajstić information content (AvgIpc) is 2.71. The maximum atomic E-state index is 12.1. The summed E-state index contributed by atoms with van der Waals surface area (Å²) in [5.74, 6) is -2.56. The Kier molecular flexibility index (Phi) is 11.1. The number of carboxylic acids is 2. The quantitative estimate of drug-likeness (QED) is 0.629. The molecule has 168 valence electrons. The van der Waals surface area contributed by atoms with E-state index in [2.05, 4.69) is 20.0 Å². The molecule has 0 aromatic heterocycles. The number of carbonyl (C=O) groups is 2. The minimum absolute atomic E-state index is 0.00806. The predicted molar refractivity (Wildman–Crippen MR) is 101 cm³/mol. The second-order valence-electron chi connectivity index (χ2n) is 7.06. The van der Waals surface area contributed by atoms with Crippen LogP contribution in [-0.2, 0) is 39.2 Å². The molecule has 2 bridgehead atoms. The second-order valence-corrected chi connectivity index (χ2v) is 7.06. The predicted octanol–water partition coefficient (Wildman–Crippen LogP) is 3.27. The van der Waals surface area contributed by atoms with Crippen LogP contribution < -0.4 is 0 Å². The summed E-state index contributed by atoms with van der Waals surface area (Å²) in [6, 6.07) is 0. The lowest BCUT2D eigenvalue weighted by Crippen LogP contribution is -2.30. The van der Waals surface area contributed by atoms with Crippen LogP contribution in [0.2, 0.25) is 0 Å². The highest BCUT2D eigenvalue weighted by molar-refractivity contribution is 5.75. The Hall–Kier alpha value is -2.24. The lowest BCUT2D eigenvalue weighted by molar-refractivity contribution is -0.700. The van der Waals surface area contributed by atoms with Gasteiger partial charge in [-0.05, 0) is 54.7 Å². The molecule has 2 N–H and O–H groups in total. The highest BCUT2D eigenvalue weighted by Crippen LogP contribution is 2.39. The Morgan fingerprint density at radius 3 is 2.67 bits per heavy atom. The van der Waals surface area contributed by atoms with E-state index in [0.29, 0.717) is 25.0 Å². The third-order valence-electron chi connectivity index (χ3n) is 5.02. The summed E-state index contributed by atoms with van der Waals surface area (Å²) in [5.41, 5.74) is 1.44. The molecule has 10 heteroatoms. The van der Waals surface area contributed by atoms with Gasteiger partial charge in [0.1, 0.15) is 12.9 Å². The molecule has 0 radical (unpaired) electrons. The van der Waals surface area contributed by atoms with E-state index in [9.17, 15) is 14.7 Å². The van der Waals surface area contributed by atoms with E-state index in [1.807, 2.05) is 0 Å². The van der Waals surface area contributed by atoms with Gasteiger partial charge >= 0.3 is 11.9 Å². The molecule has 1 aliphatic carbocycles. The van der Waals surface area contributed by atoms with Gasteiger partial charge in [0, 0.05) is 10.1 Å². The molecule has 30 heavy (non-hydrogen) atoms. The van der Waals surface area contributed by atoms with Gasteiger partial charge < -0.3 is 19.8 Å². The average molecular weight is 428 g/mol. The zero-order chi connectivity index (χ0) is 21.6. The Morgan fingerprint density at radius 1 is 1.03 bits per heavy atom. The largest absolute Gasteiger partial charge is 0.481 e. The topological polar surface area (TPSA) is 130 Å². The summed E-state index contributed by atoms with van der Waals surface area (Å²) in [6.07, 6.45) is 11.5. The van der Waals surface area contributed by atoms with Gasteiger partial charge in [-0.3, -0.25) is 4.79 Å². The van der Waals surface area contributed by atoms with E-state index in [1.54, 1.807) is 12.2 Å². The first-order chi connectivity index (χ1) is 14.6. The number of fused-ring (bicyclic) bond motifs is 2. The number of allylic oxidation sites excluding steroid dienone is 2. The van der Waals surface area contributed by atoms with Crippen LogP contribution in [0.3, 0.4) is 0 Å². The standard InChI is InChI=1S/C20H28O10/c21-18(22)14-25-13-16-8-3-5-12-27-29-30-28-26-11-4-1-2-7-15-9-6-10-17(16)19(15)20(23)24/h3,5,8,12,15,19H,1-2,4,6-7,9-11,13-14H2,(H,21,22)(H,23,24). The summed E-state index contributed by atoms with van der Waals surface area (Å²) in [6.45, 7) is -0.155. The maximum Gasteiger partial charge on any atom is 0.329 e. The molecule has 2 rings (SSSR count). The molecular formula is C20H28O10. The molecular weight excluding hydrogens is 400 g/mol. The van der Waals surface area contributed by atoms with Crippen molar-refractivity contribution in [2.75, 3.05) is 19.8 Å². The van der Waals surface area contributed by atoms with Crippen molar-refractivity contribution in [1.29, 1.82) is 0 Å².